The van der Waals surface area contributed by atoms with Crippen molar-refractivity contribution in [3.8, 4) is 0 Å². The number of hydrogen-bond donors (Lipinski definition) is 1. The molecule has 108 valence electrons. The van der Waals surface area contributed by atoms with E-state index < -0.39 is 17.7 Å². The van der Waals surface area contributed by atoms with Gasteiger partial charge in [0, 0.05) is 12.5 Å². The highest BCUT2D eigenvalue weighted by molar-refractivity contribution is 5.21. The van der Waals surface area contributed by atoms with Gasteiger partial charge in [0.25, 0.3) is 0 Å². The zero-order valence-corrected chi connectivity index (χ0v) is 11.7. The van der Waals surface area contributed by atoms with Gasteiger partial charge in [-0.05, 0) is 17.0 Å². The van der Waals surface area contributed by atoms with Crippen LogP contribution in [0.25, 0.3) is 0 Å². The SMILES string of the molecule is CC(C)(C)[C@@H](N)c1nc(Cc2ccc(F)cc2F)no1. The average Bonchev–Trinajstić information content (AvgIpc) is 2.79. The largest absolute Gasteiger partial charge is 0.338 e. The Bertz CT molecular complexity index is 605. The molecule has 1 aromatic carbocycles. The summed E-state index contributed by atoms with van der Waals surface area (Å²) in [5.74, 6) is -0.605. The average molecular weight is 281 g/mol. The fourth-order valence-corrected chi connectivity index (χ4v) is 1.67. The summed E-state index contributed by atoms with van der Waals surface area (Å²) >= 11 is 0. The highest BCUT2D eigenvalue weighted by atomic mass is 19.1. The number of hydrogen-bond acceptors (Lipinski definition) is 4. The van der Waals surface area contributed by atoms with Gasteiger partial charge < -0.3 is 10.3 Å². The molecule has 0 aliphatic rings. The Morgan fingerprint density at radius 2 is 2.00 bits per heavy atom. The van der Waals surface area contributed by atoms with Gasteiger partial charge in [-0.2, -0.15) is 4.98 Å². The van der Waals surface area contributed by atoms with Crippen LogP contribution >= 0.6 is 0 Å². The van der Waals surface area contributed by atoms with Crippen molar-refractivity contribution in [3.63, 3.8) is 0 Å². The Hall–Kier alpha value is -1.82. The first-order valence-electron chi connectivity index (χ1n) is 6.29. The molecule has 1 aromatic heterocycles. The molecule has 20 heavy (non-hydrogen) atoms. The number of nitrogens with zero attached hydrogens (tertiary/aromatic N) is 2. The first kappa shape index (κ1) is 14.6. The van der Waals surface area contributed by atoms with E-state index in [4.69, 9.17) is 10.3 Å². The topological polar surface area (TPSA) is 64.9 Å². The van der Waals surface area contributed by atoms with Crippen LogP contribution in [-0.2, 0) is 6.42 Å². The van der Waals surface area contributed by atoms with Gasteiger partial charge in [-0.3, -0.25) is 0 Å². The number of nitrogens with two attached hydrogens (primary N) is 1. The van der Waals surface area contributed by atoms with Crippen LogP contribution in [0, 0.1) is 17.0 Å². The predicted octanol–water partition coefficient (Wildman–Crippen LogP) is 2.98. The summed E-state index contributed by atoms with van der Waals surface area (Å²) in [5.41, 5.74) is 6.10. The summed E-state index contributed by atoms with van der Waals surface area (Å²) in [6, 6.07) is 2.99. The van der Waals surface area contributed by atoms with Crippen molar-refractivity contribution >= 4 is 0 Å². The summed E-state index contributed by atoms with van der Waals surface area (Å²) < 4.78 is 31.5. The van der Waals surface area contributed by atoms with Crippen molar-refractivity contribution in [2.24, 2.45) is 11.1 Å². The molecule has 0 aliphatic heterocycles. The molecule has 1 heterocycles. The van der Waals surface area contributed by atoms with Gasteiger partial charge in [0.15, 0.2) is 5.82 Å². The summed E-state index contributed by atoms with van der Waals surface area (Å²) in [6.07, 6.45) is 0.131. The zero-order valence-electron chi connectivity index (χ0n) is 11.7. The molecule has 4 nitrogen and oxygen atoms in total. The maximum atomic E-state index is 13.5. The van der Waals surface area contributed by atoms with Gasteiger partial charge in [0.2, 0.25) is 5.89 Å². The third-order valence-corrected chi connectivity index (χ3v) is 3.05. The number of aromatic nitrogens is 2. The molecule has 0 fully saturated rings. The normalized spacial score (nSPS) is 13.5. The predicted molar refractivity (Wildman–Crippen MR) is 69.8 cm³/mol. The minimum Gasteiger partial charge on any atom is -0.338 e. The lowest BCUT2D eigenvalue weighted by molar-refractivity contribution is 0.252. The third kappa shape index (κ3) is 3.19. The standard InChI is InChI=1S/C14H17F2N3O/c1-14(2,3)12(17)13-18-11(19-20-13)6-8-4-5-9(15)7-10(8)16/h4-5,7,12H,6,17H2,1-3H3/t12-/m0/s1. The summed E-state index contributed by atoms with van der Waals surface area (Å²) in [4.78, 5) is 4.17. The van der Waals surface area contributed by atoms with Crippen LogP contribution in [0.1, 0.15) is 44.1 Å². The van der Waals surface area contributed by atoms with Crippen molar-refractivity contribution in [2.75, 3.05) is 0 Å². The Balaban J connectivity index is 2.18. The van der Waals surface area contributed by atoms with Crippen LogP contribution < -0.4 is 5.73 Å². The second kappa shape index (κ2) is 5.28. The molecule has 0 aliphatic carbocycles. The molecule has 0 unspecified atom stereocenters. The minimum absolute atomic E-state index is 0.131. The van der Waals surface area contributed by atoms with E-state index in [1.54, 1.807) is 0 Å². The quantitative estimate of drug-likeness (QED) is 0.939. The zero-order chi connectivity index (χ0) is 14.9. The molecule has 1 atom stereocenters. The minimum atomic E-state index is -0.628. The second-order valence-electron chi connectivity index (χ2n) is 5.81. The van der Waals surface area contributed by atoms with Crippen molar-refractivity contribution in [1.29, 1.82) is 0 Å². The van der Waals surface area contributed by atoms with Crippen LogP contribution in [0.2, 0.25) is 0 Å². The van der Waals surface area contributed by atoms with Gasteiger partial charge in [-0.25, -0.2) is 8.78 Å². The number of rotatable bonds is 3. The summed E-state index contributed by atoms with van der Waals surface area (Å²) in [6.45, 7) is 5.88. The molecule has 0 amide bonds. The lowest BCUT2D eigenvalue weighted by Crippen LogP contribution is -2.26. The molecule has 2 rings (SSSR count). The fourth-order valence-electron chi connectivity index (χ4n) is 1.67. The van der Waals surface area contributed by atoms with Gasteiger partial charge in [-0.15, -0.1) is 0 Å². The van der Waals surface area contributed by atoms with E-state index in [1.807, 2.05) is 20.8 Å². The number of benzene rings is 1. The van der Waals surface area contributed by atoms with Crippen LogP contribution in [0.5, 0.6) is 0 Å². The maximum Gasteiger partial charge on any atom is 0.244 e. The first-order valence-corrected chi connectivity index (χ1v) is 6.29. The molecular formula is C14H17F2N3O. The van der Waals surface area contributed by atoms with Crippen molar-refractivity contribution in [2.45, 2.75) is 33.2 Å². The van der Waals surface area contributed by atoms with Crippen molar-refractivity contribution in [1.82, 2.24) is 10.1 Å². The van der Waals surface area contributed by atoms with Crippen LogP contribution in [0.3, 0.4) is 0 Å². The smallest absolute Gasteiger partial charge is 0.244 e. The maximum absolute atomic E-state index is 13.5. The number of halogens is 2. The second-order valence-corrected chi connectivity index (χ2v) is 5.81. The summed E-state index contributed by atoms with van der Waals surface area (Å²) in [7, 11) is 0. The third-order valence-electron chi connectivity index (χ3n) is 3.05. The van der Waals surface area contributed by atoms with Crippen molar-refractivity contribution in [3.05, 3.63) is 47.1 Å². The Morgan fingerprint density at radius 1 is 1.30 bits per heavy atom. The van der Waals surface area contributed by atoms with Gasteiger partial charge in [0.1, 0.15) is 11.6 Å². The summed E-state index contributed by atoms with van der Waals surface area (Å²) in [5, 5.41) is 3.78. The van der Waals surface area contributed by atoms with Gasteiger partial charge >= 0.3 is 0 Å². The molecule has 2 N–H and O–H groups in total. The Kier molecular flexibility index (Phi) is 3.85. The van der Waals surface area contributed by atoms with Crippen LogP contribution in [0.15, 0.2) is 22.7 Å². The van der Waals surface area contributed by atoms with E-state index in [0.717, 1.165) is 6.07 Å². The monoisotopic (exact) mass is 281 g/mol. The van der Waals surface area contributed by atoms with Gasteiger partial charge in [0.05, 0.1) is 6.04 Å². The Labute approximate surface area is 116 Å². The van der Waals surface area contributed by atoms with Crippen molar-refractivity contribution < 1.29 is 13.3 Å². The van der Waals surface area contributed by atoms with E-state index >= 15 is 0 Å². The Morgan fingerprint density at radius 3 is 2.60 bits per heavy atom. The van der Waals surface area contributed by atoms with E-state index in [0.29, 0.717) is 17.3 Å². The van der Waals surface area contributed by atoms with Gasteiger partial charge in [-0.1, -0.05) is 32.0 Å². The highest BCUT2D eigenvalue weighted by Crippen LogP contribution is 2.29. The van der Waals surface area contributed by atoms with E-state index in [2.05, 4.69) is 10.1 Å². The fraction of sp³-hybridized carbons (Fsp3) is 0.429. The molecule has 0 bridgehead atoms. The molecule has 2 aromatic rings. The molecule has 6 heteroatoms. The molecular weight excluding hydrogens is 264 g/mol. The lowest BCUT2D eigenvalue weighted by atomic mass is 9.87. The van der Waals surface area contributed by atoms with E-state index in [-0.39, 0.29) is 11.8 Å². The van der Waals surface area contributed by atoms with E-state index in [9.17, 15) is 8.78 Å². The molecule has 0 saturated heterocycles. The van der Waals surface area contributed by atoms with Crippen LogP contribution in [0.4, 0.5) is 8.78 Å². The molecule has 0 spiro atoms. The molecule has 0 radical (unpaired) electrons. The first-order chi connectivity index (χ1) is 9.27. The highest BCUT2D eigenvalue weighted by Gasteiger charge is 2.27. The van der Waals surface area contributed by atoms with Crippen LogP contribution in [-0.4, -0.2) is 10.1 Å². The van der Waals surface area contributed by atoms with E-state index in [1.165, 1.54) is 12.1 Å². The lowest BCUT2D eigenvalue weighted by Gasteiger charge is -2.23. The molecule has 0 saturated carbocycles.